The van der Waals surface area contributed by atoms with Gasteiger partial charge in [-0.2, -0.15) is 11.8 Å². The van der Waals surface area contributed by atoms with Crippen LogP contribution in [0, 0.1) is 12.8 Å². The number of hydrogen-bond donors (Lipinski definition) is 1. The summed E-state index contributed by atoms with van der Waals surface area (Å²) in [6.45, 7) is 3.08. The first kappa shape index (κ1) is 33.7. The van der Waals surface area contributed by atoms with Crippen LogP contribution < -0.4 is 29.3 Å². The maximum absolute atomic E-state index is 13.4. The van der Waals surface area contributed by atoms with Crippen molar-refractivity contribution in [2.24, 2.45) is 5.92 Å². The Balaban J connectivity index is 0.00000462. The number of benzene rings is 2. The number of carbonyl (C=O) groups is 2. The molecule has 8 heteroatoms. The van der Waals surface area contributed by atoms with Gasteiger partial charge >= 0.3 is 18.9 Å². The van der Waals surface area contributed by atoms with Crippen molar-refractivity contribution in [1.29, 1.82) is 0 Å². The smallest absolute Gasteiger partial charge is 0.548 e. The van der Waals surface area contributed by atoms with E-state index in [9.17, 15) is 14.7 Å². The summed E-state index contributed by atoms with van der Waals surface area (Å²) in [4.78, 5) is 25.0. The molecule has 0 spiro atoms. The van der Waals surface area contributed by atoms with Gasteiger partial charge in [-0.05, 0) is 91.3 Å². The molecule has 2 saturated carbocycles. The third-order valence-corrected chi connectivity index (χ3v) is 8.98. The topological polar surface area (TPSA) is 87.7 Å². The summed E-state index contributed by atoms with van der Waals surface area (Å²) in [5.41, 5.74) is 4.17. The van der Waals surface area contributed by atoms with Crippen molar-refractivity contribution in [3.05, 3.63) is 59.2 Å². The summed E-state index contributed by atoms with van der Waals surface area (Å²) in [6, 6.07) is 12.6. The summed E-state index contributed by atoms with van der Waals surface area (Å²) in [7, 11) is 0. The van der Waals surface area contributed by atoms with Gasteiger partial charge in [0.2, 0.25) is 0 Å². The van der Waals surface area contributed by atoms with Crippen molar-refractivity contribution in [2.75, 3.05) is 18.6 Å². The van der Waals surface area contributed by atoms with Gasteiger partial charge in [-0.3, -0.25) is 4.79 Å². The Morgan fingerprint density at radius 1 is 1.02 bits per heavy atom. The van der Waals surface area contributed by atoms with E-state index in [4.69, 9.17) is 9.47 Å². The van der Waals surface area contributed by atoms with Crippen LogP contribution in [0.25, 0.3) is 11.1 Å². The van der Waals surface area contributed by atoms with Gasteiger partial charge in [0.1, 0.15) is 0 Å². The van der Waals surface area contributed by atoms with Crippen LogP contribution in [0.2, 0.25) is 0 Å². The predicted molar refractivity (Wildman–Crippen MR) is 159 cm³/mol. The SMILES string of the molecule is CSCC[C@H](NC(=O)c1ccc(CO[C@H](COC2CCC2)CC2CCCCC2)cc1-c1ccccc1C)C(=O)[O-].[Li+]. The van der Waals surface area contributed by atoms with Crippen molar-refractivity contribution in [3.63, 3.8) is 0 Å². The minimum absolute atomic E-state index is 0. The maximum Gasteiger partial charge on any atom is 1.00 e. The molecule has 2 atom stereocenters. The number of hydrogen-bond acceptors (Lipinski definition) is 6. The standard InChI is InChI=1S/C33H45NO5S.Li/c1-23-9-6-7-14-28(23)30-20-25(15-16-29(30)32(35)34-31(33(36)37)17-18-40-2)21-38-27(22-39-26-12-8-13-26)19-24-10-4-3-5-11-24;/h6-7,9,14-16,20,24,26-27,31H,3-5,8,10-13,17-19,21-22H2,1-2H3,(H,34,35)(H,36,37);/q;+1/p-1/t27-,31-;/m0./s1. The fourth-order valence-corrected chi connectivity index (χ4v) is 6.14. The van der Waals surface area contributed by atoms with E-state index in [2.05, 4.69) is 5.32 Å². The molecule has 41 heavy (non-hydrogen) atoms. The predicted octanol–water partition coefficient (Wildman–Crippen LogP) is 2.69. The Kier molecular flexibility index (Phi) is 14.3. The van der Waals surface area contributed by atoms with Gasteiger partial charge in [-0.1, -0.05) is 62.4 Å². The third-order valence-electron chi connectivity index (χ3n) is 8.34. The monoisotopic (exact) mass is 573 g/mol. The molecule has 0 saturated heterocycles. The second-order valence-corrected chi connectivity index (χ2v) is 12.4. The zero-order valence-corrected chi connectivity index (χ0v) is 25.8. The van der Waals surface area contributed by atoms with Gasteiger partial charge in [-0.15, -0.1) is 0 Å². The number of carbonyl (C=O) groups excluding carboxylic acids is 2. The number of ether oxygens (including phenoxy) is 2. The number of aryl methyl sites for hydroxylation is 1. The van der Waals surface area contributed by atoms with Crippen molar-refractivity contribution in [1.82, 2.24) is 5.32 Å². The molecule has 1 N–H and O–H groups in total. The Labute approximate surface area is 261 Å². The van der Waals surface area contributed by atoms with Gasteiger partial charge in [0, 0.05) is 5.56 Å². The molecule has 1 amide bonds. The van der Waals surface area contributed by atoms with Crippen molar-refractivity contribution < 1.29 is 43.0 Å². The van der Waals surface area contributed by atoms with Gasteiger partial charge in [0.25, 0.3) is 5.91 Å². The van der Waals surface area contributed by atoms with Crippen LogP contribution in [-0.2, 0) is 20.9 Å². The van der Waals surface area contributed by atoms with Crippen LogP contribution in [0.15, 0.2) is 42.5 Å². The van der Waals surface area contributed by atoms with E-state index in [-0.39, 0.29) is 25.0 Å². The minimum atomic E-state index is -1.27. The first-order valence-electron chi connectivity index (χ1n) is 14.9. The van der Waals surface area contributed by atoms with E-state index in [1.54, 1.807) is 6.07 Å². The molecule has 218 valence electrons. The Bertz CT molecular complexity index is 1120. The normalized spacial score (nSPS) is 17.2. The minimum Gasteiger partial charge on any atom is -0.548 e. The van der Waals surface area contributed by atoms with Gasteiger partial charge in [0.15, 0.2) is 0 Å². The van der Waals surface area contributed by atoms with Gasteiger partial charge in [0.05, 0.1) is 37.4 Å². The molecular formula is C33H44LiNO5S. The fourth-order valence-electron chi connectivity index (χ4n) is 5.67. The Morgan fingerprint density at radius 3 is 2.44 bits per heavy atom. The fraction of sp³-hybridized carbons (Fsp3) is 0.576. The Morgan fingerprint density at radius 2 is 1.78 bits per heavy atom. The number of carboxylic acids is 1. The molecule has 0 bridgehead atoms. The van der Waals surface area contributed by atoms with Crippen molar-refractivity contribution in [2.45, 2.75) is 96.0 Å². The molecule has 2 aliphatic carbocycles. The van der Waals surface area contributed by atoms with Crippen LogP contribution in [-0.4, -0.2) is 48.7 Å². The number of rotatable bonds is 15. The summed E-state index contributed by atoms with van der Waals surface area (Å²) in [5, 5.41) is 14.4. The zero-order chi connectivity index (χ0) is 28.3. The number of carboxylic acid groups (broad SMARTS) is 1. The summed E-state index contributed by atoms with van der Waals surface area (Å²) in [5.74, 6) is -0.366. The molecule has 0 unspecified atom stereocenters. The van der Waals surface area contributed by atoms with E-state index < -0.39 is 17.9 Å². The average Bonchev–Trinajstić information content (AvgIpc) is 2.93. The second-order valence-electron chi connectivity index (χ2n) is 11.4. The number of nitrogens with one attached hydrogen (secondary N) is 1. The first-order chi connectivity index (χ1) is 19.4. The number of thioether (sulfide) groups is 1. The molecule has 2 fully saturated rings. The molecule has 0 radical (unpaired) electrons. The van der Waals surface area contributed by atoms with Gasteiger partial charge < -0.3 is 24.7 Å². The molecule has 4 rings (SSSR count). The van der Waals surface area contributed by atoms with E-state index in [0.29, 0.717) is 43.0 Å². The van der Waals surface area contributed by atoms with E-state index in [1.165, 1.54) is 50.3 Å². The maximum atomic E-state index is 13.4. The summed E-state index contributed by atoms with van der Waals surface area (Å²) < 4.78 is 12.7. The first-order valence-corrected chi connectivity index (χ1v) is 16.3. The molecule has 2 aromatic carbocycles. The molecule has 2 aliphatic rings. The van der Waals surface area contributed by atoms with Crippen LogP contribution in [0.5, 0.6) is 0 Å². The summed E-state index contributed by atoms with van der Waals surface area (Å²) >= 11 is 1.54. The van der Waals surface area contributed by atoms with Crippen molar-refractivity contribution in [3.8, 4) is 11.1 Å². The quantitative estimate of drug-likeness (QED) is 0.330. The van der Waals surface area contributed by atoms with E-state index in [1.807, 2.05) is 49.6 Å². The molecular weight excluding hydrogens is 529 g/mol. The average molecular weight is 574 g/mol. The molecule has 0 aliphatic heterocycles. The second kappa shape index (κ2) is 17.4. The van der Waals surface area contributed by atoms with Crippen LogP contribution in [0.3, 0.4) is 0 Å². The number of amides is 1. The molecule has 6 nitrogen and oxygen atoms in total. The van der Waals surface area contributed by atoms with E-state index >= 15 is 0 Å². The largest absolute Gasteiger partial charge is 1.00 e. The Hall–Kier alpha value is -1.75. The number of aliphatic carboxylic acids is 1. The van der Waals surface area contributed by atoms with Gasteiger partial charge in [-0.25, -0.2) is 0 Å². The van der Waals surface area contributed by atoms with E-state index in [0.717, 1.165) is 41.5 Å². The zero-order valence-electron chi connectivity index (χ0n) is 25.0. The van der Waals surface area contributed by atoms with Crippen LogP contribution >= 0.6 is 11.8 Å². The van der Waals surface area contributed by atoms with Crippen LogP contribution in [0.1, 0.15) is 85.7 Å². The summed E-state index contributed by atoms with van der Waals surface area (Å²) in [6.07, 6.45) is 13.7. The van der Waals surface area contributed by atoms with Crippen molar-refractivity contribution >= 4 is 23.6 Å². The third kappa shape index (κ3) is 10.2. The molecule has 0 aromatic heterocycles. The molecule has 2 aromatic rings. The molecule has 0 heterocycles. The van der Waals surface area contributed by atoms with Crippen LogP contribution in [0.4, 0.5) is 0 Å².